The van der Waals surface area contributed by atoms with Crippen molar-refractivity contribution in [1.29, 1.82) is 0 Å². The maximum Gasteiger partial charge on any atom is 0.150 e. The molecule has 1 aromatic carbocycles. The Labute approximate surface area is 116 Å². The lowest BCUT2D eigenvalue weighted by molar-refractivity contribution is 0.112. The van der Waals surface area contributed by atoms with E-state index in [1.54, 1.807) is 17.4 Å². The molecule has 19 heavy (non-hydrogen) atoms. The summed E-state index contributed by atoms with van der Waals surface area (Å²) in [6.45, 7) is 2.09. The molecule has 100 valence electrons. The summed E-state index contributed by atoms with van der Waals surface area (Å²) in [5.41, 5.74) is 1.09. The average molecular weight is 277 g/mol. The number of hydrogen-bond donors (Lipinski definition) is 0. The molecule has 4 heteroatoms. The fourth-order valence-corrected chi connectivity index (χ4v) is 2.81. The summed E-state index contributed by atoms with van der Waals surface area (Å²) in [7, 11) is 1.92. The van der Waals surface area contributed by atoms with Gasteiger partial charge in [-0.05, 0) is 36.6 Å². The van der Waals surface area contributed by atoms with Gasteiger partial charge in [-0.3, -0.25) is 4.79 Å². The van der Waals surface area contributed by atoms with E-state index in [0.29, 0.717) is 11.8 Å². The van der Waals surface area contributed by atoms with Crippen LogP contribution in [0, 0.1) is 5.82 Å². The van der Waals surface area contributed by atoms with Crippen molar-refractivity contribution in [3.8, 4) is 0 Å². The number of rotatable bonds is 5. The Balaban J connectivity index is 2.16. The molecule has 0 aliphatic rings. The van der Waals surface area contributed by atoms with Crippen LogP contribution in [-0.4, -0.2) is 19.4 Å². The molecule has 0 amide bonds. The number of thiophene rings is 1. The van der Waals surface area contributed by atoms with Gasteiger partial charge in [0.2, 0.25) is 0 Å². The van der Waals surface area contributed by atoms with Crippen molar-refractivity contribution in [3.63, 3.8) is 0 Å². The summed E-state index contributed by atoms with van der Waals surface area (Å²) in [6.07, 6.45) is 1.57. The van der Waals surface area contributed by atoms with E-state index in [9.17, 15) is 9.18 Å². The number of likely N-dealkylation sites (N-methyl/N-ethyl adjacent to an activating group) is 1. The molecule has 0 fully saturated rings. The number of anilines is 1. The first-order valence-corrected chi connectivity index (χ1v) is 6.99. The molecule has 0 aliphatic carbocycles. The fourth-order valence-electron chi connectivity index (χ4n) is 1.98. The molecule has 1 heterocycles. The number of aldehydes is 1. The van der Waals surface area contributed by atoms with E-state index >= 15 is 0 Å². The molecule has 0 radical (unpaired) electrons. The Morgan fingerprint density at radius 3 is 2.84 bits per heavy atom. The maximum atomic E-state index is 13.4. The summed E-state index contributed by atoms with van der Waals surface area (Å²) >= 11 is 1.72. The van der Waals surface area contributed by atoms with Crippen LogP contribution >= 0.6 is 11.3 Å². The van der Waals surface area contributed by atoms with E-state index in [2.05, 4.69) is 18.4 Å². The van der Waals surface area contributed by atoms with Gasteiger partial charge in [0.25, 0.3) is 0 Å². The topological polar surface area (TPSA) is 20.3 Å². The second-order valence-corrected chi connectivity index (χ2v) is 5.64. The first-order chi connectivity index (χ1) is 9.10. The third-order valence-corrected chi connectivity index (χ3v) is 4.08. The Hall–Kier alpha value is -1.68. The lowest BCUT2D eigenvalue weighted by Crippen LogP contribution is -2.30. The molecule has 0 saturated heterocycles. The highest BCUT2D eigenvalue weighted by molar-refractivity contribution is 7.09. The van der Waals surface area contributed by atoms with Gasteiger partial charge in [0.05, 0.1) is 0 Å². The monoisotopic (exact) mass is 277 g/mol. The van der Waals surface area contributed by atoms with Gasteiger partial charge in [0.15, 0.2) is 0 Å². The molecule has 0 N–H and O–H groups in total. The van der Waals surface area contributed by atoms with Crippen LogP contribution in [0.1, 0.15) is 22.2 Å². The quantitative estimate of drug-likeness (QED) is 0.775. The van der Waals surface area contributed by atoms with Crippen LogP contribution in [0.2, 0.25) is 0 Å². The molecule has 0 bridgehead atoms. The summed E-state index contributed by atoms with van der Waals surface area (Å²) in [6, 6.07) is 8.77. The van der Waals surface area contributed by atoms with Gasteiger partial charge in [-0.2, -0.15) is 0 Å². The van der Waals surface area contributed by atoms with Crippen LogP contribution in [0.3, 0.4) is 0 Å². The SMILES string of the molecule is CC(Cc1cccs1)N(C)c1cc(F)cc(C=O)c1. The average Bonchev–Trinajstić information content (AvgIpc) is 2.89. The second-order valence-electron chi connectivity index (χ2n) is 4.60. The fraction of sp³-hybridized carbons (Fsp3) is 0.267. The van der Waals surface area contributed by atoms with E-state index in [-0.39, 0.29) is 11.9 Å². The standard InChI is InChI=1S/C15H16FNOS/c1-11(6-15-4-3-5-19-15)17(2)14-8-12(10-18)7-13(16)9-14/h3-5,7-11H,6H2,1-2H3. The number of halogens is 1. The van der Waals surface area contributed by atoms with Crippen LogP contribution in [-0.2, 0) is 6.42 Å². The molecule has 2 aromatic rings. The molecular weight excluding hydrogens is 261 g/mol. The normalized spacial score (nSPS) is 12.2. The highest BCUT2D eigenvalue weighted by Gasteiger charge is 2.13. The number of hydrogen-bond acceptors (Lipinski definition) is 3. The van der Waals surface area contributed by atoms with Crippen molar-refractivity contribution in [2.75, 3.05) is 11.9 Å². The first-order valence-electron chi connectivity index (χ1n) is 6.11. The lowest BCUT2D eigenvalue weighted by atomic mass is 10.1. The van der Waals surface area contributed by atoms with Gasteiger partial charge in [0, 0.05) is 35.6 Å². The van der Waals surface area contributed by atoms with E-state index in [0.717, 1.165) is 12.1 Å². The van der Waals surface area contributed by atoms with E-state index < -0.39 is 0 Å². The van der Waals surface area contributed by atoms with Crippen molar-refractivity contribution in [3.05, 3.63) is 52.0 Å². The second kappa shape index (κ2) is 5.97. The van der Waals surface area contributed by atoms with Gasteiger partial charge >= 0.3 is 0 Å². The van der Waals surface area contributed by atoms with Gasteiger partial charge < -0.3 is 4.90 Å². The van der Waals surface area contributed by atoms with E-state index in [1.807, 2.05) is 18.0 Å². The van der Waals surface area contributed by atoms with Gasteiger partial charge in [-0.1, -0.05) is 6.07 Å². The molecular formula is C15H16FNOS. The Morgan fingerprint density at radius 2 is 2.21 bits per heavy atom. The van der Waals surface area contributed by atoms with Gasteiger partial charge in [0.1, 0.15) is 12.1 Å². The van der Waals surface area contributed by atoms with Crippen LogP contribution in [0.4, 0.5) is 10.1 Å². The predicted octanol–water partition coefficient (Wildman–Crippen LogP) is 3.77. The largest absolute Gasteiger partial charge is 0.371 e. The third-order valence-electron chi connectivity index (χ3n) is 3.19. The lowest BCUT2D eigenvalue weighted by Gasteiger charge is -2.27. The Bertz CT molecular complexity index is 553. The maximum absolute atomic E-state index is 13.4. The number of benzene rings is 1. The minimum absolute atomic E-state index is 0.236. The van der Waals surface area contributed by atoms with Crippen LogP contribution in [0.25, 0.3) is 0 Å². The zero-order chi connectivity index (χ0) is 13.8. The summed E-state index contributed by atoms with van der Waals surface area (Å²) < 4.78 is 13.4. The van der Waals surface area contributed by atoms with Crippen molar-refractivity contribution >= 4 is 23.3 Å². The van der Waals surface area contributed by atoms with Gasteiger partial charge in [-0.15, -0.1) is 11.3 Å². The minimum atomic E-state index is -0.380. The highest BCUT2D eigenvalue weighted by Crippen LogP contribution is 2.21. The van der Waals surface area contributed by atoms with Gasteiger partial charge in [-0.25, -0.2) is 4.39 Å². The molecule has 1 aromatic heterocycles. The van der Waals surface area contributed by atoms with E-state index in [4.69, 9.17) is 0 Å². The number of carbonyl (C=O) groups is 1. The Morgan fingerprint density at radius 1 is 1.42 bits per heavy atom. The first kappa shape index (κ1) is 13.7. The van der Waals surface area contributed by atoms with Crippen LogP contribution < -0.4 is 4.90 Å². The molecule has 2 rings (SSSR count). The van der Waals surface area contributed by atoms with Crippen molar-refractivity contribution in [2.45, 2.75) is 19.4 Å². The summed E-state index contributed by atoms with van der Waals surface area (Å²) in [5, 5.41) is 2.05. The molecule has 0 spiro atoms. The summed E-state index contributed by atoms with van der Waals surface area (Å²) in [5.74, 6) is -0.380. The van der Waals surface area contributed by atoms with Crippen LogP contribution in [0.5, 0.6) is 0 Å². The zero-order valence-corrected chi connectivity index (χ0v) is 11.8. The predicted molar refractivity (Wildman–Crippen MR) is 77.7 cm³/mol. The highest BCUT2D eigenvalue weighted by atomic mass is 32.1. The zero-order valence-electron chi connectivity index (χ0n) is 11.0. The number of nitrogens with zero attached hydrogens (tertiary/aromatic N) is 1. The molecule has 0 aliphatic heterocycles. The van der Waals surface area contributed by atoms with Crippen molar-refractivity contribution in [1.82, 2.24) is 0 Å². The number of carbonyl (C=O) groups excluding carboxylic acids is 1. The Kier molecular flexibility index (Phi) is 4.32. The van der Waals surface area contributed by atoms with E-state index in [1.165, 1.54) is 17.0 Å². The molecule has 0 saturated carbocycles. The van der Waals surface area contributed by atoms with Crippen molar-refractivity contribution in [2.24, 2.45) is 0 Å². The van der Waals surface area contributed by atoms with Crippen molar-refractivity contribution < 1.29 is 9.18 Å². The molecule has 1 unspecified atom stereocenters. The van der Waals surface area contributed by atoms with Crippen LogP contribution in [0.15, 0.2) is 35.7 Å². The molecule has 2 nitrogen and oxygen atoms in total. The third kappa shape index (κ3) is 3.41. The molecule has 1 atom stereocenters. The smallest absolute Gasteiger partial charge is 0.150 e. The summed E-state index contributed by atoms with van der Waals surface area (Å²) in [4.78, 5) is 14.1. The minimum Gasteiger partial charge on any atom is -0.371 e.